The molecule has 0 bridgehead atoms. The highest BCUT2D eigenvalue weighted by Gasteiger charge is 2.50. The van der Waals surface area contributed by atoms with Gasteiger partial charge in [0, 0.05) is 5.41 Å². The standard InChI is InChI=1S/C18H20O/c1-2-14-8-10-15(11-9-14)17(19)18(12-13-18)16-6-4-3-5-7-16/h3-11,17,19H,2,12-13H2,1H3. The van der Waals surface area contributed by atoms with Crippen molar-refractivity contribution in [3.63, 3.8) is 0 Å². The Morgan fingerprint density at radius 2 is 1.63 bits per heavy atom. The third kappa shape index (κ3) is 2.19. The van der Waals surface area contributed by atoms with E-state index in [0.717, 1.165) is 24.8 Å². The average Bonchev–Trinajstić information content (AvgIpc) is 3.29. The molecule has 0 saturated heterocycles. The maximum atomic E-state index is 10.7. The lowest BCUT2D eigenvalue weighted by atomic mass is 9.86. The SMILES string of the molecule is CCc1ccc(C(O)C2(c3ccccc3)CC2)cc1. The van der Waals surface area contributed by atoms with Crippen LogP contribution in [0.25, 0.3) is 0 Å². The Morgan fingerprint density at radius 1 is 1.00 bits per heavy atom. The van der Waals surface area contributed by atoms with Gasteiger partial charge < -0.3 is 5.11 Å². The van der Waals surface area contributed by atoms with Crippen LogP contribution >= 0.6 is 0 Å². The van der Waals surface area contributed by atoms with E-state index < -0.39 is 0 Å². The van der Waals surface area contributed by atoms with Crippen molar-refractivity contribution in [3.05, 3.63) is 71.3 Å². The smallest absolute Gasteiger partial charge is 0.0886 e. The number of hydrogen-bond acceptors (Lipinski definition) is 1. The van der Waals surface area contributed by atoms with Crippen molar-refractivity contribution >= 4 is 0 Å². The first-order valence-corrected chi connectivity index (χ1v) is 7.09. The lowest BCUT2D eigenvalue weighted by Crippen LogP contribution is -2.18. The summed E-state index contributed by atoms with van der Waals surface area (Å²) in [5.74, 6) is 0. The van der Waals surface area contributed by atoms with E-state index in [1.807, 2.05) is 6.07 Å². The molecule has 1 N–H and O–H groups in total. The van der Waals surface area contributed by atoms with E-state index in [-0.39, 0.29) is 11.5 Å². The number of aliphatic hydroxyl groups is 1. The van der Waals surface area contributed by atoms with Crippen LogP contribution in [-0.2, 0) is 11.8 Å². The first-order valence-electron chi connectivity index (χ1n) is 7.09. The number of aryl methyl sites for hydroxylation is 1. The van der Waals surface area contributed by atoms with Gasteiger partial charge in [-0.15, -0.1) is 0 Å². The summed E-state index contributed by atoms with van der Waals surface area (Å²) in [6.07, 6.45) is 2.81. The maximum Gasteiger partial charge on any atom is 0.0886 e. The molecule has 3 rings (SSSR count). The van der Waals surface area contributed by atoms with Crippen LogP contribution < -0.4 is 0 Å². The van der Waals surface area contributed by atoms with Gasteiger partial charge in [-0.3, -0.25) is 0 Å². The van der Waals surface area contributed by atoms with E-state index in [2.05, 4.69) is 55.5 Å². The highest BCUT2D eigenvalue weighted by molar-refractivity contribution is 5.37. The summed E-state index contributed by atoms with van der Waals surface area (Å²) >= 11 is 0. The summed E-state index contributed by atoms with van der Waals surface area (Å²) in [6, 6.07) is 18.8. The third-order valence-corrected chi connectivity index (χ3v) is 4.36. The molecule has 1 saturated carbocycles. The minimum Gasteiger partial charge on any atom is -0.387 e. The normalized spacial score (nSPS) is 18.0. The second-order valence-electron chi connectivity index (χ2n) is 5.52. The van der Waals surface area contributed by atoms with Crippen molar-refractivity contribution in [1.29, 1.82) is 0 Å². The van der Waals surface area contributed by atoms with E-state index in [9.17, 15) is 5.11 Å². The van der Waals surface area contributed by atoms with E-state index >= 15 is 0 Å². The van der Waals surface area contributed by atoms with Crippen LogP contribution in [0.15, 0.2) is 54.6 Å². The molecule has 2 aromatic rings. The molecule has 1 atom stereocenters. The zero-order valence-corrected chi connectivity index (χ0v) is 11.3. The van der Waals surface area contributed by atoms with Gasteiger partial charge in [0.05, 0.1) is 6.10 Å². The van der Waals surface area contributed by atoms with Gasteiger partial charge in [0.2, 0.25) is 0 Å². The predicted molar refractivity (Wildman–Crippen MR) is 78.1 cm³/mol. The van der Waals surface area contributed by atoms with Gasteiger partial charge in [0.25, 0.3) is 0 Å². The van der Waals surface area contributed by atoms with Gasteiger partial charge in [-0.2, -0.15) is 0 Å². The molecule has 0 radical (unpaired) electrons. The number of hydrogen-bond donors (Lipinski definition) is 1. The Kier molecular flexibility index (Phi) is 3.16. The molecule has 19 heavy (non-hydrogen) atoms. The Bertz CT molecular complexity index is 538. The van der Waals surface area contributed by atoms with E-state index in [0.29, 0.717) is 0 Å². The molecule has 0 aromatic heterocycles. The van der Waals surface area contributed by atoms with Crippen LogP contribution in [0, 0.1) is 0 Å². The van der Waals surface area contributed by atoms with Gasteiger partial charge in [-0.1, -0.05) is 61.5 Å². The second-order valence-corrected chi connectivity index (χ2v) is 5.52. The minimum atomic E-state index is -0.388. The summed E-state index contributed by atoms with van der Waals surface area (Å²) in [6.45, 7) is 2.15. The van der Waals surface area contributed by atoms with Crippen molar-refractivity contribution in [1.82, 2.24) is 0 Å². The summed E-state index contributed by atoms with van der Waals surface area (Å²) in [5, 5.41) is 10.7. The maximum absolute atomic E-state index is 10.7. The van der Waals surface area contributed by atoms with E-state index in [1.165, 1.54) is 11.1 Å². The molecule has 98 valence electrons. The number of rotatable bonds is 4. The van der Waals surface area contributed by atoms with Gasteiger partial charge in [-0.05, 0) is 36.0 Å². The lowest BCUT2D eigenvalue weighted by Gasteiger charge is -2.23. The zero-order chi connectivity index (χ0) is 13.3. The van der Waals surface area contributed by atoms with Crippen LogP contribution in [0.5, 0.6) is 0 Å². The topological polar surface area (TPSA) is 20.2 Å². The molecule has 1 aliphatic rings. The molecule has 1 fully saturated rings. The van der Waals surface area contributed by atoms with Crippen LogP contribution in [0.1, 0.15) is 42.6 Å². The molecule has 1 unspecified atom stereocenters. The monoisotopic (exact) mass is 252 g/mol. The van der Waals surface area contributed by atoms with Gasteiger partial charge in [-0.25, -0.2) is 0 Å². The average molecular weight is 252 g/mol. The van der Waals surface area contributed by atoms with Crippen molar-refractivity contribution in [2.24, 2.45) is 0 Å². The van der Waals surface area contributed by atoms with Gasteiger partial charge in [0.1, 0.15) is 0 Å². The fraction of sp³-hybridized carbons (Fsp3) is 0.333. The first kappa shape index (κ1) is 12.4. The molecular weight excluding hydrogens is 232 g/mol. The summed E-state index contributed by atoms with van der Waals surface area (Å²) in [7, 11) is 0. The highest BCUT2D eigenvalue weighted by atomic mass is 16.3. The fourth-order valence-corrected chi connectivity index (χ4v) is 2.88. The fourth-order valence-electron chi connectivity index (χ4n) is 2.88. The largest absolute Gasteiger partial charge is 0.387 e. The zero-order valence-electron chi connectivity index (χ0n) is 11.3. The molecule has 0 aliphatic heterocycles. The van der Waals surface area contributed by atoms with Gasteiger partial charge in [0.15, 0.2) is 0 Å². The van der Waals surface area contributed by atoms with Crippen LogP contribution in [-0.4, -0.2) is 5.11 Å². The molecular formula is C18H20O. The molecule has 1 aliphatic carbocycles. The van der Waals surface area contributed by atoms with E-state index in [4.69, 9.17) is 0 Å². The quantitative estimate of drug-likeness (QED) is 0.871. The van der Waals surface area contributed by atoms with Gasteiger partial charge >= 0.3 is 0 Å². The van der Waals surface area contributed by atoms with Crippen molar-refractivity contribution in [3.8, 4) is 0 Å². The summed E-state index contributed by atoms with van der Waals surface area (Å²) in [5.41, 5.74) is 3.58. The molecule has 1 nitrogen and oxygen atoms in total. The number of benzene rings is 2. The van der Waals surface area contributed by atoms with Crippen LogP contribution in [0.3, 0.4) is 0 Å². The number of aliphatic hydroxyl groups excluding tert-OH is 1. The molecule has 0 amide bonds. The first-order chi connectivity index (χ1) is 9.26. The Labute approximate surface area is 114 Å². The molecule has 0 heterocycles. The minimum absolute atomic E-state index is 0.0466. The Morgan fingerprint density at radius 3 is 2.16 bits per heavy atom. The lowest BCUT2D eigenvalue weighted by molar-refractivity contribution is 0.133. The van der Waals surface area contributed by atoms with Crippen LogP contribution in [0.4, 0.5) is 0 Å². The van der Waals surface area contributed by atoms with Crippen LogP contribution in [0.2, 0.25) is 0 Å². The summed E-state index contributed by atoms with van der Waals surface area (Å²) < 4.78 is 0. The molecule has 2 aromatic carbocycles. The van der Waals surface area contributed by atoms with Crippen molar-refractivity contribution in [2.75, 3.05) is 0 Å². The highest BCUT2D eigenvalue weighted by Crippen LogP contribution is 2.56. The molecule has 1 heteroatoms. The van der Waals surface area contributed by atoms with Crippen molar-refractivity contribution in [2.45, 2.75) is 37.7 Å². The predicted octanol–water partition coefficient (Wildman–Crippen LogP) is 4.01. The van der Waals surface area contributed by atoms with Crippen molar-refractivity contribution < 1.29 is 5.11 Å². The Balaban J connectivity index is 1.89. The summed E-state index contributed by atoms with van der Waals surface area (Å²) in [4.78, 5) is 0. The van der Waals surface area contributed by atoms with E-state index in [1.54, 1.807) is 0 Å². The molecule has 0 spiro atoms. The second kappa shape index (κ2) is 4.82. The third-order valence-electron chi connectivity index (χ3n) is 4.36. The Hall–Kier alpha value is -1.60.